The van der Waals surface area contributed by atoms with Crippen LogP contribution in [0.1, 0.15) is 32.1 Å². The van der Waals surface area contributed by atoms with Gasteiger partial charge >= 0.3 is 5.97 Å². The molecule has 1 saturated heterocycles. The van der Waals surface area contributed by atoms with E-state index in [4.69, 9.17) is 9.47 Å². The number of halogens is 1. The molecule has 3 heterocycles. The van der Waals surface area contributed by atoms with Gasteiger partial charge in [-0.1, -0.05) is 0 Å². The number of rotatable bonds is 6. The number of carbonyl (C=O) groups is 2. The maximum atomic E-state index is 13.0. The van der Waals surface area contributed by atoms with Crippen LogP contribution in [0, 0.1) is 13.8 Å². The Kier molecular flexibility index (Phi) is 6.86. The molecule has 2 aromatic rings. The topological polar surface area (TPSA) is 101 Å². The van der Waals surface area contributed by atoms with Gasteiger partial charge in [0.15, 0.2) is 0 Å². The Morgan fingerprint density at radius 1 is 1.14 bits per heavy atom. The van der Waals surface area contributed by atoms with Gasteiger partial charge in [-0.2, -0.15) is 0 Å². The molecular weight excluding hydrogens is 442 g/mol. The lowest BCUT2D eigenvalue weighted by Gasteiger charge is -2.34. The normalized spacial score (nSPS) is 14.2. The van der Waals surface area contributed by atoms with Crippen LogP contribution in [0.2, 0.25) is 0 Å². The van der Waals surface area contributed by atoms with Crippen LogP contribution in [0.5, 0.6) is 0 Å². The Morgan fingerprint density at radius 2 is 1.79 bits per heavy atom. The number of nitrogens with zero attached hydrogens (tertiary/aromatic N) is 4. The van der Waals surface area contributed by atoms with E-state index in [1.807, 2.05) is 4.90 Å². The molecular formula is C19H24BrN5O4. The summed E-state index contributed by atoms with van der Waals surface area (Å²) in [4.78, 5) is 40.9. The van der Waals surface area contributed by atoms with E-state index in [1.54, 1.807) is 38.3 Å². The lowest BCUT2D eigenvalue weighted by atomic mass is 10.1. The van der Waals surface area contributed by atoms with E-state index in [0.29, 0.717) is 61.2 Å². The fourth-order valence-electron chi connectivity index (χ4n) is 3.30. The highest BCUT2D eigenvalue weighted by molar-refractivity contribution is 9.10. The number of esters is 1. The van der Waals surface area contributed by atoms with Gasteiger partial charge in [-0.3, -0.25) is 4.79 Å². The van der Waals surface area contributed by atoms with Crippen LogP contribution in [0.3, 0.4) is 0 Å². The van der Waals surface area contributed by atoms with Crippen molar-refractivity contribution < 1.29 is 19.1 Å². The SMILES string of the molecule is COCCOC(=O)c1c(C)[nH]c(C(=O)N2CCN(c3ncc(Br)cn3)CC2)c1C. The minimum absolute atomic E-state index is 0.127. The van der Waals surface area contributed by atoms with E-state index in [1.165, 1.54) is 0 Å². The third-order valence-corrected chi connectivity index (χ3v) is 5.24. The lowest BCUT2D eigenvalue weighted by molar-refractivity contribution is 0.0387. The number of aryl methyl sites for hydroxylation is 1. The van der Waals surface area contributed by atoms with Crippen LogP contribution in [0.25, 0.3) is 0 Å². The summed E-state index contributed by atoms with van der Waals surface area (Å²) in [5.41, 5.74) is 2.06. The van der Waals surface area contributed by atoms with Gasteiger partial charge in [0.25, 0.3) is 5.91 Å². The minimum atomic E-state index is -0.454. The zero-order chi connectivity index (χ0) is 21.0. The number of ether oxygens (including phenoxy) is 2. The van der Waals surface area contributed by atoms with E-state index >= 15 is 0 Å². The molecule has 10 heteroatoms. The lowest BCUT2D eigenvalue weighted by Crippen LogP contribution is -2.49. The number of aromatic amines is 1. The third kappa shape index (κ3) is 4.76. The largest absolute Gasteiger partial charge is 0.460 e. The number of methoxy groups -OCH3 is 1. The Morgan fingerprint density at radius 3 is 2.41 bits per heavy atom. The molecule has 2 aromatic heterocycles. The Bertz CT molecular complexity index is 875. The van der Waals surface area contributed by atoms with Crippen molar-refractivity contribution in [1.29, 1.82) is 0 Å². The summed E-state index contributed by atoms with van der Waals surface area (Å²) < 4.78 is 10.9. The Labute approximate surface area is 177 Å². The molecule has 0 unspecified atom stereocenters. The zero-order valence-corrected chi connectivity index (χ0v) is 18.3. The summed E-state index contributed by atoms with van der Waals surface area (Å²) in [5, 5.41) is 0. The maximum Gasteiger partial charge on any atom is 0.340 e. The predicted octanol–water partition coefficient (Wildman–Crippen LogP) is 1.95. The van der Waals surface area contributed by atoms with Gasteiger partial charge < -0.3 is 24.3 Å². The van der Waals surface area contributed by atoms with Crippen molar-refractivity contribution in [2.75, 3.05) is 51.4 Å². The molecule has 0 atom stereocenters. The van der Waals surface area contributed by atoms with Crippen molar-refractivity contribution in [1.82, 2.24) is 19.9 Å². The van der Waals surface area contributed by atoms with Crippen molar-refractivity contribution in [2.24, 2.45) is 0 Å². The molecule has 1 N–H and O–H groups in total. The second-order valence-corrected chi connectivity index (χ2v) is 7.65. The molecule has 9 nitrogen and oxygen atoms in total. The second-order valence-electron chi connectivity index (χ2n) is 6.73. The summed E-state index contributed by atoms with van der Waals surface area (Å²) in [6.07, 6.45) is 3.41. The first kappa shape index (κ1) is 21.3. The molecule has 0 spiro atoms. The van der Waals surface area contributed by atoms with Crippen molar-refractivity contribution >= 4 is 33.8 Å². The highest BCUT2D eigenvalue weighted by Gasteiger charge is 2.28. The highest BCUT2D eigenvalue weighted by atomic mass is 79.9. The molecule has 0 bridgehead atoms. The number of piperazine rings is 1. The standard InChI is InChI=1S/C19H24BrN5O4/c1-12-15(18(27)29-9-8-28-3)13(2)23-16(12)17(26)24-4-6-25(7-5-24)19-21-10-14(20)11-22-19/h10-11,23H,4-9H2,1-3H3. The van der Waals surface area contributed by atoms with E-state index < -0.39 is 5.97 Å². The number of hydrogen-bond acceptors (Lipinski definition) is 7. The highest BCUT2D eigenvalue weighted by Crippen LogP contribution is 2.22. The summed E-state index contributed by atoms with van der Waals surface area (Å²) >= 11 is 3.33. The molecule has 1 fully saturated rings. The first-order valence-electron chi connectivity index (χ1n) is 9.29. The monoisotopic (exact) mass is 465 g/mol. The van der Waals surface area contributed by atoms with Crippen molar-refractivity contribution in [3.05, 3.63) is 39.4 Å². The molecule has 0 saturated carbocycles. The number of anilines is 1. The molecule has 0 aliphatic carbocycles. The molecule has 1 aliphatic heterocycles. The first-order valence-corrected chi connectivity index (χ1v) is 10.1. The number of hydrogen-bond donors (Lipinski definition) is 1. The molecule has 0 aromatic carbocycles. The van der Waals surface area contributed by atoms with Crippen LogP contribution in [0.15, 0.2) is 16.9 Å². The molecule has 29 heavy (non-hydrogen) atoms. The average molecular weight is 466 g/mol. The predicted molar refractivity (Wildman–Crippen MR) is 110 cm³/mol. The molecule has 0 radical (unpaired) electrons. The fourth-order valence-corrected chi connectivity index (χ4v) is 3.50. The van der Waals surface area contributed by atoms with E-state index in [-0.39, 0.29) is 12.5 Å². The number of amides is 1. The van der Waals surface area contributed by atoms with Gasteiger partial charge in [-0.15, -0.1) is 0 Å². The van der Waals surface area contributed by atoms with Gasteiger partial charge in [0, 0.05) is 51.4 Å². The van der Waals surface area contributed by atoms with E-state index in [0.717, 1.165) is 4.47 Å². The summed E-state index contributed by atoms with van der Waals surface area (Å²) in [6, 6.07) is 0. The van der Waals surface area contributed by atoms with Gasteiger partial charge in [0.1, 0.15) is 12.3 Å². The van der Waals surface area contributed by atoms with Gasteiger partial charge in [0.2, 0.25) is 5.95 Å². The molecule has 1 amide bonds. The van der Waals surface area contributed by atoms with Crippen molar-refractivity contribution in [3.63, 3.8) is 0 Å². The summed E-state index contributed by atoms with van der Waals surface area (Å²) in [7, 11) is 1.54. The first-order chi connectivity index (χ1) is 13.9. The average Bonchev–Trinajstić information content (AvgIpc) is 3.02. The van der Waals surface area contributed by atoms with Gasteiger partial charge in [-0.25, -0.2) is 14.8 Å². The Balaban J connectivity index is 1.66. The number of H-pyrrole nitrogens is 1. The van der Waals surface area contributed by atoms with Crippen molar-refractivity contribution in [2.45, 2.75) is 13.8 Å². The second kappa shape index (κ2) is 9.36. The zero-order valence-electron chi connectivity index (χ0n) is 16.7. The molecule has 156 valence electrons. The van der Waals surface area contributed by atoms with Gasteiger partial charge in [0.05, 0.1) is 16.6 Å². The summed E-state index contributed by atoms with van der Waals surface area (Å²) in [6.45, 7) is 6.38. The Hall–Kier alpha value is -2.46. The van der Waals surface area contributed by atoms with E-state index in [9.17, 15) is 9.59 Å². The number of aromatic nitrogens is 3. The van der Waals surface area contributed by atoms with Crippen LogP contribution >= 0.6 is 15.9 Å². The molecule has 3 rings (SSSR count). The maximum absolute atomic E-state index is 13.0. The van der Waals surface area contributed by atoms with Gasteiger partial charge in [-0.05, 0) is 35.3 Å². The fraction of sp³-hybridized carbons (Fsp3) is 0.474. The number of nitrogens with one attached hydrogen (secondary N) is 1. The minimum Gasteiger partial charge on any atom is -0.460 e. The third-order valence-electron chi connectivity index (χ3n) is 4.83. The summed E-state index contributed by atoms with van der Waals surface area (Å²) in [5.74, 6) is 0.0655. The number of carbonyl (C=O) groups excluding carboxylic acids is 2. The van der Waals surface area contributed by atoms with Crippen LogP contribution in [0.4, 0.5) is 5.95 Å². The van der Waals surface area contributed by atoms with E-state index in [2.05, 4.69) is 30.9 Å². The molecule has 1 aliphatic rings. The van der Waals surface area contributed by atoms with Crippen LogP contribution in [-0.2, 0) is 9.47 Å². The quantitative estimate of drug-likeness (QED) is 0.513. The van der Waals surface area contributed by atoms with Crippen LogP contribution < -0.4 is 4.90 Å². The van der Waals surface area contributed by atoms with Crippen LogP contribution in [-0.4, -0.2) is 78.2 Å². The smallest absolute Gasteiger partial charge is 0.340 e. The van der Waals surface area contributed by atoms with Crippen molar-refractivity contribution in [3.8, 4) is 0 Å².